The first-order chi connectivity index (χ1) is 15.3. The molecule has 0 aromatic heterocycles. The van der Waals surface area contributed by atoms with Gasteiger partial charge in [0.05, 0.1) is 16.9 Å². The summed E-state index contributed by atoms with van der Waals surface area (Å²) < 4.78 is 38.6. The number of thioether (sulfide) groups is 1. The van der Waals surface area contributed by atoms with E-state index in [9.17, 15) is 22.8 Å². The molecule has 2 N–H and O–H groups in total. The van der Waals surface area contributed by atoms with Crippen molar-refractivity contribution < 1.29 is 22.8 Å². The van der Waals surface area contributed by atoms with Gasteiger partial charge in [-0.25, -0.2) is 0 Å². The molecule has 1 aliphatic carbocycles. The standard InChI is InChI=1S/C24H27F3N2O2S/c25-24(26,27)19-10-6-9-18(13-19)15-29-23(31)20-11-4-5-12-21(20)32-16-22(30)28-14-17-7-2-1-3-8-17/h4-6,9-13,17H,1-3,7-8,14-16H2,(H,28,30)(H,29,31). The van der Waals surface area contributed by atoms with Crippen LogP contribution in [0.4, 0.5) is 13.2 Å². The number of rotatable bonds is 8. The zero-order chi connectivity index (χ0) is 23.0. The van der Waals surface area contributed by atoms with Crippen LogP contribution in [-0.4, -0.2) is 24.1 Å². The largest absolute Gasteiger partial charge is 0.416 e. The smallest absolute Gasteiger partial charge is 0.355 e. The van der Waals surface area contributed by atoms with Crippen molar-refractivity contribution in [3.05, 3.63) is 65.2 Å². The Hall–Kier alpha value is -2.48. The molecule has 2 aromatic carbocycles. The summed E-state index contributed by atoms with van der Waals surface area (Å²) in [4.78, 5) is 25.5. The van der Waals surface area contributed by atoms with E-state index >= 15 is 0 Å². The van der Waals surface area contributed by atoms with E-state index in [1.165, 1.54) is 43.2 Å². The van der Waals surface area contributed by atoms with Gasteiger partial charge in [0.2, 0.25) is 5.91 Å². The number of alkyl halides is 3. The van der Waals surface area contributed by atoms with Gasteiger partial charge in [-0.05, 0) is 48.6 Å². The number of benzene rings is 2. The van der Waals surface area contributed by atoms with Gasteiger partial charge in [0.1, 0.15) is 0 Å². The van der Waals surface area contributed by atoms with Crippen molar-refractivity contribution in [2.45, 2.75) is 49.7 Å². The second-order valence-electron chi connectivity index (χ2n) is 7.97. The van der Waals surface area contributed by atoms with E-state index in [-0.39, 0.29) is 18.2 Å². The molecule has 0 bridgehead atoms. The predicted octanol–water partition coefficient (Wildman–Crippen LogP) is 5.42. The van der Waals surface area contributed by atoms with Crippen LogP contribution in [0.3, 0.4) is 0 Å². The fourth-order valence-corrected chi connectivity index (χ4v) is 4.64. The Morgan fingerprint density at radius 1 is 0.969 bits per heavy atom. The molecule has 172 valence electrons. The summed E-state index contributed by atoms with van der Waals surface area (Å²) in [6.45, 7) is 0.669. The molecular weight excluding hydrogens is 437 g/mol. The fraction of sp³-hybridized carbons (Fsp3) is 0.417. The molecule has 32 heavy (non-hydrogen) atoms. The molecule has 0 atom stereocenters. The first kappa shape index (κ1) is 24.2. The van der Waals surface area contributed by atoms with E-state index in [0.29, 0.717) is 28.5 Å². The number of halogens is 3. The Morgan fingerprint density at radius 2 is 1.72 bits per heavy atom. The van der Waals surface area contributed by atoms with Gasteiger partial charge < -0.3 is 10.6 Å². The average molecular weight is 465 g/mol. The summed E-state index contributed by atoms with van der Waals surface area (Å²) in [6.07, 6.45) is 1.59. The molecule has 0 saturated heterocycles. The third-order valence-corrected chi connectivity index (χ3v) is 6.58. The van der Waals surface area contributed by atoms with E-state index in [1.54, 1.807) is 24.3 Å². The molecule has 2 aromatic rings. The van der Waals surface area contributed by atoms with Crippen molar-refractivity contribution in [1.82, 2.24) is 10.6 Å². The molecule has 8 heteroatoms. The maximum Gasteiger partial charge on any atom is 0.416 e. The molecule has 1 fully saturated rings. The van der Waals surface area contributed by atoms with Crippen molar-refractivity contribution >= 4 is 23.6 Å². The van der Waals surface area contributed by atoms with Crippen LogP contribution in [0.5, 0.6) is 0 Å². The van der Waals surface area contributed by atoms with Crippen molar-refractivity contribution in [3.8, 4) is 0 Å². The van der Waals surface area contributed by atoms with Crippen LogP contribution in [-0.2, 0) is 17.5 Å². The minimum absolute atomic E-state index is 0.0242. The molecule has 2 amide bonds. The summed E-state index contributed by atoms with van der Waals surface area (Å²) >= 11 is 1.28. The highest BCUT2D eigenvalue weighted by atomic mass is 32.2. The van der Waals surface area contributed by atoms with Crippen molar-refractivity contribution in [1.29, 1.82) is 0 Å². The first-order valence-electron chi connectivity index (χ1n) is 10.8. The minimum Gasteiger partial charge on any atom is -0.355 e. The van der Waals surface area contributed by atoms with Crippen LogP contribution in [0.15, 0.2) is 53.4 Å². The topological polar surface area (TPSA) is 58.2 Å². The third-order valence-electron chi connectivity index (χ3n) is 5.51. The molecule has 0 heterocycles. The van der Waals surface area contributed by atoms with Gasteiger partial charge in [0.15, 0.2) is 0 Å². The van der Waals surface area contributed by atoms with Gasteiger partial charge in [-0.1, -0.05) is 43.5 Å². The van der Waals surface area contributed by atoms with Crippen molar-refractivity contribution in [3.63, 3.8) is 0 Å². The van der Waals surface area contributed by atoms with Gasteiger partial charge in [0, 0.05) is 18.0 Å². The Morgan fingerprint density at radius 3 is 2.47 bits per heavy atom. The summed E-state index contributed by atoms with van der Waals surface area (Å²) in [5.41, 5.74) is 0.00407. The summed E-state index contributed by atoms with van der Waals surface area (Å²) in [7, 11) is 0. The van der Waals surface area contributed by atoms with E-state index in [2.05, 4.69) is 10.6 Å². The lowest BCUT2D eigenvalue weighted by atomic mass is 9.89. The quantitative estimate of drug-likeness (QED) is 0.513. The normalized spacial score (nSPS) is 14.7. The van der Waals surface area contributed by atoms with Crippen LogP contribution >= 0.6 is 11.8 Å². The van der Waals surface area contributed by atoms with Crippen LogP contribution < -0.4 is 10.6 Å². The highest BCUT2D eigenvalue weighted by molar-refractivity contribution is 8.00. The molecule has 0 radical (unpaired) electrons. The van der Waals surface area contributed by atoms with Gasteiger partial charge >= 0.3 is 6.18 Å². The molecule has 1 aliphatic rings. The second-order valence-corrected chi connectivity index (χ2v) is 8.99. The number of hydrogen-bond donors (Lipinski definition) is 2. The maximum absolute atomic E-state index is 12.9. The molecule has 0 aliphatic heterocycles. The van der Waals surface area contributed by atoms with Gasteiger partial charge in [-0.2, -0.15) is 13.2 Å². The van der Waals surface area contributed by atoms with E-state index < -0.39 is 17.6 Å². The first-order valence-corrected chi connectivity index (χ1v) is 11.7. The zero-order valence-corrected chi connectivity index (χ0v) is 18.5. The molecule has 0 spiro atoms. The van der Waals surface area contributed by atoms with Crippen LogP contribution in [0.25, 0.3) is 0 Å². The number of amides is 2. The van der Waals surface area contributed by atoms with Crippen molar-refractivity contribution in [2.75, 3.05) is 12.3 Å². The van der Waals surface area contributed by atoms with Gasteiger partial charge in [0.25, 0.3) is 5.91 Å². The highest BCUT2D eigenvalue weighted by Crippen LogP contribution is 2.29. The Labute approximate surface area is 190 Å². The highest BCUT2D eigenvalue weighted by Gasteiger charge is 2.30. The Kier molecular flexibility index (Phi) is 8.61. The number of hydrogen-bond acceptors (Lipinski definition) is 3. The van der Waals surface area contributed by atoms with E-state index in [1.807, 2.05) is 0 Å². The molecular formula is C24H27F3N2O2S. The minimum atomic E-state index is -4.43. The van der Waals surface area contributed by atoms with Crippen LogP contribution in [0.2, 0.25) is 0 Å². The number of nitrogens with one attached hydrogen (secondary N) is 2. The van der Waals surface area contributed by atoms with Gasteiger partial charge in [-0.3, -0.25) is 9.59 Å². The third kappa shape index (κ3) is 7.29. The number of carbonyl (C=O) groups is 2. The van der Waals surface area contributed by atoms with Crippen LogP contribution in [0.1, 0.15) is 53.6 Å². The second kappa shape index (κ2) is 11.4. The summed E-state index contributed by atoms with van der Waals surface area (Å²) in [5.74, 6) is 0.282. The Bertz CT molecular complexity index is 927. The van der Waals surface area contributed by atoms with Gasteiger partial charge in [-0.15, -0.1) is 11.8 Å². The SMILES string of the molecule is O=C(CSc1ccccc1C(=O)NCc1cccc(C(F)(F)F)c1)NCC1CCCCC1. The molecule has 4 nitrogen and oxygen atoms in total. The number of carbonyl (C=O) groups excluding carboxylic acids is 2. The average Bonchev–Trinajstić information content (AvgIpc) is 2.80. The molecule has 1 saturated carbocycles. The van der Waals surface area contributed by atoms with Crippen molar-refractivity contribution in [2.24, 2.45) is 5.92 Å². The fourth-order valence-electron chi connectivity index (χ4n) is 3.76. The predicted molar refractivity (Wildman–Crippen MR) is 119 cm³/mol. The summed E-state index contributed by atoms with van der Waals surface area (Å²) in [5, 5.41) is 5.65. The van der Waals surface area contributed by atoms with Crippen LogP contribution in [0, 0.1) is 5.92 Å². The van der Waals surface area contributed by atoms with E-state index in [4.69, 9.17) is 0 Å². The molecule has 0 unspecified atom stereocenters. The van der Waals surface area contributed by atoms with E-state index in [0.717, 1.165) is 25.0 Å². The summed E-state index contributed by atoms with van der Waals surface area (Å²) in [6, 6.07) is 11.8. The molecule has 3 rings (SSSR count). The lowest BCUT2D eigenvalue weighted by Crippen LogP contribution is -2.31. The lowest BCUT2D eigenvalue weighted by molar-refractivity contribution is -0.137. The Balaban J connectivity index is 1.52. The lowest BCUT2D eigenvalue weighted by Gasteiger charge is -2.21. The maximum atomic E-state index is 12.9. The zero-order valence-electron chi connectivity index (χ0n) is 17.7. The monoisotopic (exact) mass is 464 g/mol.